The lowest BCUT2D eigenvalue weighted by Crippen LogP contribution is -2.15. The normalized spacial score (nSPS) is 10.6. The highest BCUT2D eigenvalue weighted by Crippen LogP contribution is 2.23. The third-order valence-corrected chi connectivity index (χ3v) is 4.97. The smallest absolute Gasteiger partial charge is 0.274 e. The van der Waals surface area contributed by atoms with E-state index in [1.165, 1.54) is 17.8 Å². The van der Waals surface area contributed by atoms with Crippen LogP contribution >= 0.6 is 11.8 Å². The maximum absolute atomic E-state index is 12.2. The summed E-state index contributed by atoms with van der Waals surface area (Å²) in [6.07, 6.45) is 0. The van der Waals surface area contributed by atoms with Gasteiger partial charge in [-0.15, -0.1) is 5.10 Å². The molecule has 0 saturated carbocycles. The summed E-state index contributed by atoms with van der Waals surface area (Å²) in [5.74, 6) is 0.505. The van der Waals surface area contributed by atoms with Gasteiger partial charge in [0.1, 0.15) is 5.75 Å². The van der Waals surface area contributed by atoms with E-state index in [0.717, 1.165) is 11.3 Å². The van der Waals surface area contributed by atoms with Crippen molar-refractivity contribution in [3.05, 3.63) is 63.7 Å². The number of nitro benzene ring substituents is 1. The van der Waals surface area contributed by atoms with Crippen LogP contribution in [0.3, 0.4) is 0 Å². The molecule has 29 heavy (non-hydrogen) atoms. The van der Waals surface area contributed by atoms with E-state index in [9.17, 15) is 14.9 Å². The Bertz CT molecular complexity index is 1020. The minimum absolute atomic E-state index is 0.0427. The van der Waals surface area contributed by atoms with Crippen LogP contribution in [0.25, 0.3) is 0 Å². The number of methoxy groups -OCH3 is 1. The van der Waals surface area contributed by atoms with Crippen molar-refractivity contribution in [2.45, 2.75) is 18.6 Å². The molecule has 3 aromatic rings. The quantitative estimate of drug-likeness (QED) is 0.339. The van der Waals surface area contributed by atoms with E-state index in [1.807, 2.05) is 24.3 Å². The number of thioether (sulfide) groups is 1. The number of tetrazole rings is 1. The van der Waals surface area contributed by atoms with Crippen LogP contribution in [-0.4, -0.2) is 43.9 Å². The summed E-state index contributed by atoms with van der Waals surface area (Å²) in [6.45, 7) is 2.09. The molecule has 1 N–H and O–H groups in total. The van der Waals surface area contributed by atoms with Gasteiger partial charge in [0.15, 0.2) is 0 Å². The van der Waals surface area contributed by atoms with Gasteiger partial charge >= 0.3 is 0 Å². The molecular weight excluding hydrogens is 396 g/mol. The molecule has 1 aromatic heterocycles. The summed E-state index contributed by atoms with van der Waals surface area (Å²) in [5, 5.41) is 25.7. The van der Waals surface area contributed by atoms with Crippen molar-refractivity contribution in [1.29, 1.82) is 0 Å². The van der Waals surface area contributed by atoms with Gasteiger partial charge in [-0.2, -0.15) is 0 Å². The lowest BCUT2D eigenvalue weighted by atomic mass is 10.2. The lowest BCUT2D eigenvalue weighted by molar-refractivity contribution is -0.385. The van der Waals surface area contributed by atoms with Gasteiger partial charge < -0.3 is 10.1 Å². The lowest BCUT2D eigenvalue weighted by Gasteiger charge is -2.07. The number of hydrogen-bond acceptors (Lipinski definition) is 8. The van der Waals surface area contributed by atoms with Crippen molar-refractivity contribution >= 4 is 29.0 Å². The van der Waals surface area contributed by atoms with Crippen LogP contribution in [0.4, 0.5) is 11.4 Å². The van der Waals surface area contributed by atoms with Gasteiger partial charge in [0.05, 0.1) is 24.3 Å². The molecule has 0 unspecified atom stereocenters. The van der Waals surface area contributed by atoms with E-state index in [0.29, 0.717) is 23.0 Å². The van der Waals surface area contributed by atoms with Gasteiger partial charge in [-0.25, -0.2) is 4.68 Å². The standard InChI is InChI=1S/C18H18N6O4S/c1-12-3-6-14(9-16(12)24(26)27)19-17(25)11-29-18-20-21-22-23(18)10-13-4-7-15(28-2)8-5-13/h3-9H,10-11H2,1-2H3,(H,19,25). The molecule has 0 atom stereocenters. The van der Waals surface area contributed by atoms with E-state index in [4.69, 9.17) is 4.74 Å². The summed E-state index contributed by atoms with van der Waals surface area (Å²) < 4.78 is 6.73. The molecular formula is C18H18N6O4S. The third-order valence-electron chi connectivity index (χ3n) is 4.01. The van der Waals surface area contributed by atoms with Crippen molar-refractivity contribution in [1.82, 2.24) is 20.2 Å². The number of anilines is 1. The number of aryl methyl sites for hydroxylation is 1. The number of ether oxygens (including phenoxy) is 1. The Hall–Kier alpha value is -3.47. The molecule has 10 nitrogen and oxygen atoms in total. The van der Waals surface area contributed by atoms with Crippen molar-refractivity contribution in [3.8, 4) is 5.75 Å². The first kappa shape index (κ1) is 20.3. The molecule has 0 spiro atoms. The Morgan fingerprint density at radius 1 is 1.28 bits per heavy atom. The second kappa shape index (κ2) is 9.15. The van der Waals surface area contributed by atoms with Crippen LogP contribution in [0.5, 0.6) is 5.75 Å². The fourth-order valence-electron chi connectivity index (χ4n) is 2.51. The first-order chi connectivity index (χ1) is 14.0. The Balaban J connectivity index is 1.59. The first-order valence-corrected chi connectivity index (χ1v) is 9.51. The van der Waals surface area contributed by atoms with Gasteiger partial charge in [0, 0.05) is 17.3 Å². The van der Waals surface area contributed by atoms with Gasteiger partial charge in [0.2, 0.25) is 11.1 Å². The molecule has 1 heterocycles. The van der Waals surface area contributed by atoms with E-state index in [2.05, 4.69) is 20.8 Å². The number of nitrogens with zero attached hydrogens (tertiary/aromatic N) is 5. The summed E-state index contributed by atoms with van der Waals surface area (Å²) in [5.41, 5.74) is 1.83. The van der Waals surface area contributed by atoms with E-state index >= 15 is 0 Å². The monoisotopic (exact) mass is 414 g/mol. The number of amides is 1. The summed E-state index contributed by atoms with van der Waals surface area (Å²) in [7, 11) is 1.60. The van der Waals surface area contributed by atoms with Gasteiger partial charge in [-0.05, 0) is 41.1 Å². The van der Waals surface area contributed by atoms with Crippen molar-refractivity contribution < 1.29 is 14.5 Å². The van der Waals surface area contributed by atoms with E-state index < -0.39 is 4.92 Å². The molecule has 0 fully saturated rings. The highest BCUT2D eigenvalue weighted by molar-refractivity contribution is 7.99. The van der Waals surface area contributed by atoms with Crippen molar-refractivity contribution in [2.75, 3.05) is 18.2 Å². The maximum Gasteiger partial charge on any atom is 0.274 e. The Kier molecular flexibility index (Phi) is 6.39. The van der Waals surface area contributed by atoms with Crippen molar-refractivity contribution in [3.63, 3.8) is 0 Å². The second-order valence-corrected chi connectivity index (χ2v) is 7.00. The Morgan fingerprint density at radius 3 is 2.72 bits per heavy atom. The topological polar surface area (TPSA) is 125 Å². The number of aromatic nitrogens is 4. The minimum Gasteiger partial charge on any atom is -0.497 e. The average Bonchev–Trinajstić information content (AvgIpc) is 3.15. The second-order valence-electron chi connectivity index (χ2n) is 6.06. The number of benzene rings is 2. The minimum atomic E-state index is -0.479. The Labute approximate surface area is 170 Å². The van der Waals surface area contributed by atoms with Crippen LogP contribution in [0.15, 0.2) is 47.6 Å². The molecule has 0 radical (unpaired) electrons. The van der Waals surface area contributed by atoms with Gasteiger partial charge in [-0.1, -0.05) is 30.0 Å². The molecule has 3 rings (SSSR count). The number of hydrogen-bond donors (Lipinski definition) is 1. The molecule has 0 bridgehead atoms. The van der Waals surface area contributed by atoms with Gasteiger partial charge in [0.25, 0.3) is 5.69 Å². The SMILES string of the molecule is COc1ccc(Cn2nnnc2SCC(=O)Nc2ccc(C)c([N+](=O)[O-])c2)cc1. The van der Waals surface area contributed by atoms with Gasteiger partial charge in [-0.3, -0.25) is 14.9 Å². The fraction of sp³-hybridized carbons (Fsp3) is 0.222. The Morgan fingerprint density at radius 2 is 2.03 bits per heavy atom. The summed E-state index contributed by atoms with van der Waals surface area (Å²) in [4.78, 5) is 22.8. The summed E-state index contributed by atoms with van der Waals surface area (Å²) in [6, 6.07) is 12.1. The highest BCUT2D eigenvalue weighted by Gasteiger charge is 2.14. The highest BCUT2D eigenvalue weighted by atomic mass is 32.2. The molecule has 0 aliphatic carbocycles. The average molecular weight is 414 g/mol. The number of rotatable bonds is 8. The zero-order chi connectivity index (χ0) is 20.8. The van der Waals surface area contributed by atoms with Crippen LogP contribution in [-0.2, 0) is 11.3 Å². The molecule has 2 aromatic carbocycles. The maximum atomic E-state index is 12.2. The van der Waals surface area contributed by atoms with E-state index in [-0.39, 0.29) is 17.3 Å². The fourth-order valence-corrected chi connectivity index (χ4v) is 3.19. The molecule has 0 saturated heterocycles. The number of carbonyl (C=O) groups is 1. The van der Waals surface area contributed by atoms with Crippen LogP contribution < -0.4 is 10.1 Å². The molecule has 11 heteroatoms. The molecule has 150 valence electrons. The number of nitrogens with one attached hydrogen (secondary N) is 1. The zero-order valence-electron chi connectivity index (χ0n) is 15.7. The first-order valence-electron chi connectivity index (χ1n) is 8.53. The predicted molar refractivity (Wildman–Crippen MR) is 107 cm³/mol. The van der Waals surface area contributed by atoms with Crippen molar-refractivity contribution in [2.24, 2.45) is 0 Å². The summed E-state index contributed by atoms with van der Waals surface area (Å²) >= 11 is 1.18. The predicted octanol–water partition coefficient (Wildman–Crippen LogP) is 2.68. The van der Waals surface area contributed by atoms with E-state index in [1.54, 1.807) is 30.8 Å². The number of carbonyl (C=O) groups excluding carboxylic acids is 1. The molecule has 0 aliphatic rings. The number of nitro groups is 1. The third kappa shape index (κ3) is 5.29. The van der Waals surface area contributed by atoms with Crippen LogP contribution in [0.1, 0.15) is 11.1 Å². The largest absolute Gasteiger partial charge is 0.497 e. The van der Waals surface area contributed by atoms with Crippen LogP contribution in [0, 0.1) is 17.0 Å². The zero-order valence-corrected chi connectivity index (χ0v) is 16.5. The molecule has 0 aliphatic heterocycles. The van der Waals surface area contributed by atoms with Crippen LogP contribution in [0.2, 0.25) is 0 Å². The molecule has 1 amide bonds.